The maximum absolute atomic E-state index is 12.6. The number of pyridine rings is 2. The third kappa shape index (κ3) is 3.17. The molecule has 4 aromatic heterocycles. The summed E-state index contributed by atoms with van der Waals surface area (Å²) >= 11 is 7.41. The van der Waals surface area contributed by atoms with Crippen LogP contribution < -0.4 is 5.32 Å². The number of amides is 1. The van der Waals surface area contributed by atoms with Crippen molar-refractivity contribution in [3.63, 3.8) is 0 Å². The van der Waals surface area contributed by atoms with Crippen molar-refractivity contribution in [3.05, 3.63) is 65.1 Å². The molecule has 4 aromatic rings. The Hall–Kier alpha value is -3.17. The van der Waals surface area contributed by atoms with Crippen molar-refractivity contribution in [1.29, 1.82) is 0 Å². The van der Waals surface area contributed by atoms with Crippen molar-refractivity contribution >= 4 is 34.0 Å². The molecule has 0 bridgehead atoms. The third-order valence-corrected chi connectivity index (χ3v) is 4.48. The highest BCUT2D eigenvalue weighted by atomic mass is 35.5. The number of anilines is 1. The highest BCUT2D eigenvalue weighted by Crippen LogP contribution is 2.28. The van der Waals surface area contributed by atoms with Gasteiger partial charge >= 0.3 is 0 Å². The van der Waals surface area contributed by atoms with Crippen LogP contribution in [0.4, 0.5) is 5.13 Å². The van der Waals surface area contributed by atoms with Gasteiger partial charge in [0.05, 0.1) is 16.9 Å². The molecule has 0 unspecified atom stereocenters. The van der Waals surface area contributed by atoms with E-state index < -0.39 is 0 Å². The van der Waals surface area contributed by atoms with Crippen molar-refractivity contribution in [2.24, 2.45) is 0 Å². The Morgan fingerprint density at radius 1 is 1.19 bits per heavy atom. The molecule has 4 heterocycles. The summed E-state index contributed by atoms with van der Waals surface area (Å²) in [6.45, 7) is 0. The van der Waals surface area contributed by atoms with E-state index in [1.165, 1.54) is 22.2 Å². The number of hydrogen-bond acceptors (Lipinski definition) is 7. The quantitative estimate of drug-likeness (QED) is 0.581. The number of halogens is 1. The molecule has 0 spiro atoms. The Kier molecular flexibility index (Phi) is 4.38. The maximum atomic E-state index is 12.6. The SMILES string of the molecule is O=C(Nc1nc(-c2ncccc2Cl)cs1)c1cnnn1-c1ccncc1. The molecule has 4 rings (SSSR count). The molecule has 10 heteroatoms. The molecule has 0 saturated carbocycles. The van der Waals surface area contributed by atoms with E-state index >= 15 is 0 Å². The lowest BCUT2D eigenvalue weighted by Crippen LogP contribution is -2.16. The van der Waals surface area contributed by atoms with Crippen LogP contribution in [0.15, 0.2) is 54.4 Å². The van der Waals surface area contributed by atoms with Crippen LogP contribution in [0.5, 0.6) is 0 Å². The minimum Gasteiger partial charge on any atom is -0.296 e. The standard InChI is InChI=1S/C16H10ClN7OS/c17-11-2-1-5-19-14(11)12-9-26-16(21-12)22-15(25)13-8-20-23-24(13)10-3-6-18-7-4-10/h1-9H,(H,21,22,25). The summed E-state index contributed by atoms with van der Waals surface area (Å²) in [5.41, 5.74) is 2.12. The van der Waals surface area contributed by atoms with Gasteiger partial charge in [0.25, 0.3) is 5.91 Å². The monoisotopic (exact) mass is 383 g/mol. The number of nitrogens with zero attached hydrogens (tertiary/aromatic N) is 6. The van der Waals surface area contributed by atoms with Gasteiger partial charge in [-0.2, -0.15) is 0 Å². The van der Waals surface area contributed by atoms with Gasteiger partial charge in [-0.1, -0.05) is 16.8 Å². The molecule has 0 aliphatic rings. The minimum atomic E-state index is -0.375. The maximum Gasteiger partial charge on any atom is 0.277 e. The second-order valence-electron chi connectivity index (χ2n) is 5.06. The smallest absolute Gasteiger partial charge is 0.277 e. The summed E-state index contributed by atoms with van der Waals surface area (Å²) in [6, 6.07) is 6.95. The van der Waals surface area contributed by atoms with Crippen LogP contribution in [0.1, 0.15) is 10.5 Å². The normalized spacial score (nSPS) is 10.7. The van der Waals surface area contributed by atoms with E-state index in [1.807, 2.05) is 0 Å². The summed E-state index contributed by atoms with van der Waals surface area (Å²) in [4.78, 5) is 25.1. The fourth-order valence-corrected chi connectivity index (χ4v) is 3.15. The molecule has 128 valence electrons. The zero-order valence-electron chi connectivity index (χ0n) is 13.1. The van der Waals surface area contributed by atoms with E-state index in [-0.39, 0.29) is 11.6 Å². The lowest BCUT2D eigenvalue weighted by atomic mass is 10.3. The van der Waals surface area contributed by atoms with E-state index in [0.717, 1.165) is 0 Å². The highest BCUT2D eigenvalue weighted by Gasteiger charge is 2.17. The van der Waals surface area contributed by atoms with Crippen LogP contribution in [-0.4, -0.2) is 35.9 Å². The van der Waals surface area contributed by atoms with Crippen LogP contribution in [0, 0.1) is 0 Å². The van der Waals surface area contributed by atoms with Gasteiger partial charge in [0.15, 0.2) is 10.8 Å². The highest BCUT2D eigenvalue weighted by molar-refractivity contribution is 7.14. The van der Waals surface area contributed by atoms with Gasteiger partial charge in [0.1, 0.15) is 11.4 Å². The molecule has 1 N–H and O–H groups in total. The van der Waals surface area contributed by atoms with E-state index in [0.29, 0.717) is 27.2 Å². The zero-order chi connectivity index (χ0) is 17.9. The van der Waals surface area contributed by atoms with Gasteiger partial charge in [-0.15, -0.1) is 16.4 Å². The first-order valence-corrected chi connectivity index (χ1v) is 8.67. The summed E-state index contributed by atoms with van der Waals surface area (Å²) < 4.78 is 1.43. The molecule has 0 saturated heterocycles. The van der Waals surface area contributed by atoms with Gasteiger partial charge < -0.3 is 0 Å². The van der Waals surface area contributed by atoms with Crippen LogP contribution in [-0.2, 0) is 0 Å². The Morgan fingerprint density at radius 3 is 2.85 bits per heavy atom. The lowest BCUT2D eigenvalue weighted by molar-refractivity contribution is 0.101. The van der Waals surface area contributed by atoms with E-state index in [2.05, 4.69) is 30.6 Å². The molecule has 8 nitrogen and oxygen atoms in total. The summed E-state index contributed by atoms with van der Waals surface area (Å²) in [5, 5.41) is 13.2. The molecular weight excluding hydrogens is 374 g/mol. The number of carbonyl (C=O) groups is 1. The van der Waals surface area contributed by atoms with Crippen LogP contribution in [0.3, 0.4) is 0 Å². The van der Waals surface area contributed by atoms with Gasteiger partial charge in [-0.05, 0) is 24.3 Å². The Bertz CT molecular complexity index is 1060. The van der Waals surface area contributed by atoms with E-state index in [4.69, 9.17) is 11.6 Å². The number of thiazole rings is 1. The van der Waals surface area contributed by atoms with Gasteiger partial charge in [-0.25, -0.2) is 9.67 Å². The first kappa shape index (κ1) is 16.3. The van der Waals surface area contributed by atoms with Crippen molar-refractivity contribution in [2.45, 2.75) is 0 Å². The fraction of sp³-hybridized carbons (Fsp3) is 0. The third-order valence-electron chi connectivity index (χ3n) is 3.41. The molecule has 0 fully saturated rings. The van der Waals surface area contributed by atoms with Crippen molar-refractivity contribution in [3.8, 4) is 17.1 Å². The number of carbonyl (C=O) groups excluding carboxylic acids is 1. The molecule has 0 aliphatic carbocycles. The summed E-state index contributed by atoms with van der Waals surface area (Å²) in [6.07, 6.45) is 6.25. The first-order valence-electron chi connectivity index (χ1n) is 7.41. The van der Waals surface area contributed by atoms with Gasteiger partial charge in [0, 0.05) is 24.0 Å². The topological polar surface area (TPSA) is 98.5 Å². The van der Waals surface area contributed by atoms with Crippen LogP contribution in [0.25, 0.3) is 17.1 Å². The van der Waals surface area contributed by atoms with Gasteiger partial charge in [0.2, 0.25) is 0 Å². The van der Waals surface area contributed by atoms with Crippen LogP contribution in [0.2, 0.25) is 5.02 Å². The van der Waals surface area contributed by atoms with E-state index in [1.54, 1.807) is 48.2 Å². The minimum absolute atomic E-state index is 0.281. The average molecular weight is 384 g/mol. The van der Waals surface area contributed by atoms with Crippen LogP contribution >= 0.6 is 22.9 Å². The summed E-state index contributed by atoms with van der Waals surface area (Å²) in [5.74, 6) is -0.375. The fourth-order valence-electron chi connectivity index (χ4n) is 2.24. The molecule has 0 atom stereocenters. The predicted molar refractivity (Wildman–Crippen MR) is 97.5 cm³/mol. The van der Waals surface area contributed by atoms with Crippen molar-refractivity contribution in [1.82, 2.24) is 29.9 Å². The van der Waals surface area contributed by atoms with E-state index in [9.17, 15) is 4.79 Å². The number of aromatic nitrogens is 6. The van der Waals surface area contributed by atoms with Crippen molar-refractivity contribution in [2.75, 3.05) is 5.32 Å². The zero-order valence-corrected chi connectivity index (χ0v) is 14.6. The summed E-state index contributed by atoms with van der Waals surface area (Å²) in [7, 11) is 0. The predicted octanol–water partition coefficient (Wildman–Crippen LogP) is 3.09. The number of rotatable bonds is 4. The molecule has 0 aromatic carbocycles. The Morgan fingerprint density at radius 2 is 2.04 bits per heavy atom. The Labute approximate surface area is 156 Å². The molecule has 0 radical (unpaired) electrons. The lowest BCUT2D eigenvalue weighted by Gasteiger charge is -2.05. The van der Waals surface area contributed by atoms with Gasteiger partial charge in [-0.3, -0.25) is 20.1 Å². The largest absolute Gasteiger partial charge is 0.296 e. The number of nitrogens with one attached hydrogen (secondary N) is 1. The Balaban J connectivity index is 1.57. The van der Waals surface area contributed by atoms with Crippen molar-refractivity contribution < 1.29 is 4.79 Å². The molecular formula is C16H10ClN7OS. The average Bonchev–Trinajstić information content (AvgIpc) is 3.32. The second-order valence-corrected chi connectivity index (χ2v) is 6.33. The molecule has 1 amide bonds. The molecule has 0 aliphatic heterocycles. The first-order chi connectivity index (χ1) is 12.7. The molecule has 26 heavy (non-hydrogen) atoms. The second kappa shape index (κ2) is 6.98. The number of hydrogen-bond donors (Lipinski definition) is 1.